The number of carbonyl (C=O) groups excluding carboxylic acids is 1. The number of primary amides is 1. The number of anilines is 2. The summed E-state index contributed by atoms with van der Waals surface area (Å²) < 4.78 is 55.8. The highest BCUT2D eigenvalue weighted by atomic mass is 19.4. The van der Waals surface area contributed by atoms with Crippen LogP contribution < -0.4 is 26.3 Å². The van der Waals surface area contributed by atoms with Crippen LogP contribution in [0.25, 0.3) is 10.9 Å². The number of methoxy groups -OCH3 is 2. The minimum absolute atomic E-state index is 0.0394. The molecule has 0 bridgehead atoms. The Morgan fingerprint density at radius 2 is 1.82 bits per heavy atom. The molecule has 0 aliphatic heterocycles. The topological polar surface area (TPSA) is 135 Å². The molecule has 0 saturated heterocycles. The van der Waals surface area contributed by atoms with Crippen molar-refractivity contribution < 1.29 is 32.2 Å². The van der Waals surface area contributed by atoms with Crippen molar-refractivity contribution in [1.29, 1.82) is 0 Å². The van der Waals surface area contributed by atoms with Crippen LogP contribution in [0.3, 0.4) is 0 Å². The molecule has 34 heavy (non-hydrogen) atoms. The average Bonchev–Trinajstić information content (AvgIpc) is 2.77. The van der Waals surface area contributed by atoms with E-state index in [0.29, 0.717) is 29.0 Å². The van der Waals surface area contributed by atoms with E-state index >= 15 is 0 Å². The van der Waals surface area contributed by atoms with Gasteiger partial charge in [-0.15, -0.1) is 0 Å². The van der Waals surface area contributed by atoms with Crippen LogP contribution >= 0.6 is 0 Å². The maximum Gasteiger partial charge on any atom is 0.416 e. The summed E-state index contributed by atoms with van der Waals surface area (Å²) in [6.07, 6.45) is -4.56. The van der Waals surface area contributed by atoms with Gasteiger partial charge in [0.15, 0.2) is 11.5 Å². The molecular formula is C22H24F3N5O4. The molecule has 9 nitrogen and oxygen atoms in total. The zero-order chi connectivity index (χ0) is 25.0. The molecule has 182 valence electrons. The van der Waals surface area contributed by atoms with Gasteiger partial charge < -0.3 is 31.0 Å². The summed E-state index contributed by atoms with van der Waals surface area (Å²) in [4.78, 5) is 20.2. The number of ether oxygens (including phenoxy) is 3. The van der Waals surface area contributed by atoms with E-state index in [1.807, 2.05) is 0 Å². The summed E-state index contributed by atoms with van der Waals surface area (Å²) in [7, 11) is 2.98. The fraction of sp³-hybridized carbons (Fsp3) is 0.318. The molecule has 2 aromatic carbocycles. The molecule has 12 heteroatoms. The number of hydrogen-bond donors (Lipinski definition) is 3. The number of nitrogens with one attached hydrogen (secondary N) is 1. The Balaban J connectivity index is 2.08. The van der Waals surface area contributed by atoms with Gasteiger partial charge in [0.25, 0.3) is 5.91 Å². The van der Waals surface area contributed by atoms with E-state index < -0.39 is 23.7 Å². The second-order valence-corrected chi connectivity index (χ2v) is 7.37. The zero-order valence-electron chi connectivity index (χ0n) is 18.7. The van der Waals surface area contributed by atoms with Crippen LogP contribution in [0.15, 0.2) is 30.3 Å². The van der Waals surface area contributed by atoms with Gasteiger partial charge in [-0.1, -0.05) is 0 Å². The molecule has 0 unspecified atom stereocenters. The predicted octanol–water partition coefficient (Wildman–Crippen LogP) is 3.54. The summed E-state index contributed by atoms with van der Waals surface area (Å²) in [6.45, 7) is 2.20. The standard InChI is InChI=1S/C22H24F3N5O4/c1-11(12-6-13(22(23,24)25)8-14(26)7-12)28-20-15-9-18(34-5-4-32-2)17(33-3)10-16(15)29-21(30-20)19(27)31/h6-11H,4-5,26H2,1-3H3,(H2,27,31)(H,28,29,30)/t11-/m1/s1. The molecule has 0 aliphatic carbocycles. The van der Waals surface area contributed by atoms with Crippen LogP contribution in [-0.4, -0.2) is 43.3 Å². The van der Waals surface area contributed by atoms with E-state index in [9.17, 15) is 18.0 Å². The van der Waals surface area contributed by atoms with E-state index in [-0.39, 0.29) is 29.5 Å². The first-order valence-electron chi connectivity index (χ1n) is 10.1. The molecule has 0 aliphatic rings. The molecule has 0 fully saturated rings. The first-order valence-corrected chi connectivity index (χ1v) is 10.1. The molecule has 0 saturated carbocycles. The van der Waals surface area contributed by atoms with Crippen molar-refractivity contribution in [2.75, 3.05) is 38.5 Å². The lowest BCUT2D eigenvalue weighted by atomic mass is 10.0. The van der Waals surface area contributed by atoms with Gasteiger partial charge in [-0.2, -0.15) is 13.2 Å². The van der Waals surface area contributed by atoms with Crippen LogP contribution in [0.1, 0.15) is 34.7 Å². The largest absolute Gasteiger partial charge is 0.493 e. The quantitative estimate of drug-likeness (QED) is 0.313. The van der Waals surface area contributed by atoms with E-state index in [2.05, 4.69) is 15.3 Å². The van der Waals surface area contributed by atoms with Crippen LogP contribution in [0, 0.1) is 0 Å². The Bertz CT molecular complexity index is 1200. The maximum atomic E-state index is 13.2. The Kier molecular flexibility index (Phi) is 7.30. The van der Waals surface area contributed by atoms with E-state index in [0.717, 1.165) is 12.1 Å². The number of alkyl halides is 3. The highest BCUT2D eigenvalue weighted by molar-refractivity contribution is 5.97. The number of carbonyl (C=O) groups is 1. The molecule has 3 aromatic rings. The minimum Gasteiger partial charge on any atom is -0.493 e. The second-order valence-electron chi connectivity index (χ2n) is 7.37. The van der Waals surface area contributed by atoms with E-state index in [1.54, 1.807) is 19.1 Å². The number of halogens is 3. The van der Waals surface area contributed by atoms with Gasteiger partial charge in [-0.25, -0.2) is 9.97 Å². The molecule has 0 radical (unpaired) electrons. The lowest BCUT2D eigenvalue weighted by Gasteiger charge is -2.20. The van der Waals surface area contributed by atoms with Gasteiger partial charge in [-0.05, 0) is 36.8 Å². The third kappa shape index (κ3) is 5.57. The molecule has 1 amide bonds. The highest BCUT2D eigenvalue weighted by Gasteiger charge is 2.31. The normalized spacial score (nSPS) is 12.4. The smallest absolute Gasteiger partial charge is 0.416 e. The molecule has 1 aromatic heterocycles. The van der Waals surface area contributed by atoms with Gasteiger partial charge in [0.1, 0.15) is 12.4 Å². The maximum absolute atomic E-state index is 13.2. The number of rotatable bonds is 9. The second kappa shape index (κ2) is 10.00. The Labute approximate surface area is 193 Å². The van der Waals surface area contributed by atoms with Gasteiger partial charge >= 0.3 is 6.18 Å². The first-order chi connectivity index (χ1) is 16.0. The lowest BCUT2D eigenvalue weighted by Crippen LogP contribution is -2.18. The molecule has 1 heterocycles. The van der Waals surface area contributed by atoms with Gasteiger partial charge in [0, 0.05) is 24.2 Å². The van der Waals surface area contributed by atoms with Crippen molar-refractivity contribution in [1.82, 2.24) is 9.97 Å². The average molecular weight is 479 g/mol. The number of hydrogen-bond acceptors (Lipinski definition) is 8. The number of fused-ring (bicyclic) bond motifs is 1. The molecule has 0 spiro atoms. The fourth-order valence-electron chi connectivity index (χ4n) is 3.24. The number of nitrogens with two attached hydrogens (primary N) is 2. The van der Waals surface area contributed by atoms with Crippen molar-refractivity contribution in [3.63, 3.8) is 0 Å². The fourth-order valence-corrected chi connectivity index (χ4v) is 3.24. The number of aromatic nitrogens is 2. The van der Waals surface area contributed by atoms with E-state index in [4.69, 9.17) is 25.7 Å². The molecular weight excluding hydrogens is 455 g/mol. The predicted molar refractivity (Wildman–Crippen MR) is 120 cm³/mol. The molecule has 1 atom stereocenters. The minimum atomic E-state index is -4.56. The van der Waals surface area contributed by atoms with Gasteiger partial charge in [0.05, 0.1) is 30.8 Å². The van der Waals surface area contributed by atoms with Crippen molar-refractivity contribution in [2.45, 2.75) is 19.1 Å². The number of amides is 1. The van der Waals surface area contributed by atoms with Crippen molar-refractivity contribution >= 4 is 28.3 Å². The van der Waals surface area contributed by atoms with Crippen molar-refractivity contribution in [2.24, 2.45) is 5.73 Å². The van der Waals surface area contributed by atoms with Crippen LogP contribution in [-0.2, 0) is 10.9 Å². The van der Waals surface area contributed by atoms with E-state index in [1.165, 1.54) is 20.3 Å². The van der Waals surface area contributed by atoms with Gasteiger partial charge in [0.2, 0.25) is 5.82 Å². The van der Waals surface area contributed by atoms with Gasteiger partial charge in [-0.3, -0.25) is 4.79 Å². The Morgan fingerprint density at radius 3 is 2.44 bits per heavy atom. The molecule has 5 N–H and O–H groups in total. The van der Waals surface area contributed by atoms with Crippen LogP contribution in [0.5, 0.6) is 11.5 Å². The Morgan fingerprint density at radius 1 is 1.09 bits per heavy atom. The third-order valence-corrected chi connectivity index (χ3v) is 4.90. The summed E-state index contributed by atoms with van der Waals surface area (Å²) in [5.74, 6) is -0.272. The highest BCUT2D eigenvalue weighted by Crippen LogP contribution is 2.36. The number of benzene rings is 2. The summed E-state index contributed by atoms with van der Waals surface area (Å²) >= 11 is 0. The van der Waals surface area contributed by atoms with Crippen LogP contribution in [0.4, 0.5) is 24.7 Å². The number of nitrogens with zero attached hydrogens (tertiary/aromatic N) is 2. The summed E-state index contributed by atoms with van der Waals surface area (Å²) in [6, 6.07) is 5.75. The van der Waals surface area contributed by atoms with Crippen LogP contribution in [0.2, 0.25) is 0 Å². The third-order valence-electron chi connectivity index (χ3n) is 4.90. The SMILES string of the molecule is COCCOc1cc2c(N[C@H](C)c3cc(N)cc(C(F)(F)F)c3)nc(C(N)=O)nc2cc1OC. The zero-order valence-corrected chi connectivity index (χ0v) is 18.7. The van der Waals surface area contributed by atoms with Crippen molar-refractivity contribution in [3.8, 4) is 11.5 Å². The lowest BCUT2D eigenvalue weighted by molar-refractivity contribution is -0.137. The summed E-state index contributed by atoms with van der Waals surface area (Å²) in [5.41, 5.74) is 10.7. The summed E-state index contributed by atoms with van der Waals surface area (Å²) in [5, 5.41) is 3.47. The Hall–Kier alpha value is -3.80. The van der Waals surface area contributed by atoms with Crippen molar-refractivity contribution in [3.05, 3.63) is 47.3 Å². The first kappa shape index (κ1) is 24.8. The monoisotopic (exact) mass is 479 g/mol. The molecule has 3 rings (SSSR count). The number of nitrogen functional groups attached to an aromatic ring is 1.